The molecule has 1 aromatic heterocycles. The highest BCUT2D eigenvalue weighted by atomic mass is 79.9. The summed E-state index contributed by atoms with van der Waals surface area (Å²) in [7, 11) is 0. The van der Waals surface area contributed by atoms with Crippen molar-refractivity contribution >= 4 is 27.3 Å². The van der Waals surface area contributed by atoms with E-state index < -0.39 is 0 Å². The van der Waals surface area contributed by atoms with Gasteiger partial charge in [-0.1, -0.05) is 0 Å². The van der Waals surface area contributed by atoms with Gasteiger partial charge in [-0.3, -0.25) is 4.90 Å². The van der Waals surface area contributed by atoms with Gasteiger partial charge in [0.1, 0.15) is 0 Å². The second-order valence-electron chi connectivity index (χ2n) is 5.27. The van der Waals surface area contributed by atoms with Crippen molar-refractivity contribution in [3.05, 3.63) is 20.8 Å². The van der Waals surface area contributed by atoms with Gasteiger partial charge in [0, 0.05) is 45.9 Å². The summed E-state index contributed by atoms with van der Waals surface area (Å²) in [5.41, 5.74) is 0. The van der Waals surface area contributed by atoms with Crippen LogP contribution in [-0.4, -0.2) is 30.1 Å². The first-order valence-electron chi connectivity index (χ1n) is 6.46. The Labute approximate surface area is 116 Å². The summed E-state index contributed by atoms with van der Waals surface area (Å²) in [6.07, 6.45) is 4.17. The molecule has 4 heteroatoms. The quantitative estimate of drug-likeness (QED) is 0.916. The zero-order chi connectivity index (χ0) is 11.8. The normalized spacial score (nSPS) is 27.5. The number of hydrogen-bond donors (Lipinski definition) is 1. The number of likely N-dealkylation sites (tertiary alicyclic amines) is 1. The largest absolute Gasteiger partial charge is 0.305 e. The van der Waals surface area contributed by atoms with Gasteiger partial charge < -0.3 is 5.32 Å². The molecule has 3 rings (SSSR count). The number of hydrogen-bond acceptors (Lipinski definition) is 3. The van der Waals surface area contributed by atoms with Crippen molar-refractivity contribution in [2.24, 2.45) is 0 Å². The minimum Gasteiger partial charge on any atom is -0.305 e. The van der Waals surface area contributed by atoms with Crippen molar-refractivity contribution < 1.29 is 0 Å². The molecule has 2 aliphatic rings. The van der Waals surface area contributed by atoms with Crippen LogP contribution in [0, 0.1) is 0 Å². The molecule has 0 amide bonds. The molecule has 1 saturated carbocycles. The lowest BCUT2D eigenvalue weighted by atomic mass is 10.2. The van der Waals surface area contributed by atoms with E-state index in [1.54, 1.807) is 0 Å². The topological polar surface area (TPSA) is 15.3 Å². The summed E-state index contributed by atoms with van der Waals surface area (Å²) in [5.74, 6) is 0. The first-order chi connectivity index (χ1) is 8.22. The van der Waals surface area contributed by atoms with Gasteiger partial charge in [-0.2, -0.15) is 0 Å². The fourth-order valence-electron chi connectivity index (χ4n) is 2.69. The van der Waals surface area contributed by atoms with E-state index in [2.05, 4.69) is 44.5 Å². The number of nitrogens with zero attached hydrogens (tertiary/aromatic N) is 1. The minimum absolute atomic E-state index is 0.482. The summed E-state index contributed by atoms with van der Waals surface area (Å²) >= 11 is 5.36. The molecule has 0 aromatic carbocycles. The summed E-state index contributed by atoms with van der Waals surface area (Å²) in [4.78, 5) is 4.09. The smallest absolute Gasteiger partial charge is 0.0389 e. The molecular formula is C13H19BrN2S. The average molecular weight is 315 g/mol. The molecule has 17 heavy (non-hydrogen) atoms. The van der Waals surface area contributed by atoms with Gasteiger partial charge in [-0.25, -0.2) is 0 Å². The van der Waals surface area contributed by atoms with E-state index in [-0.39, 0.29) is 0 Å². The molecule has 94 valence electrons. The van der Waals surface area contributed by atoms with Crippen LogP contribution in [0.1, 0.15) is 37.1 Å². The molecule has 2 atom stereocenters. The molecule has 0 radical (unpaired) electrons. The average Bonchev–Trinajstić information content (AvgIpc) is 2.90. The van der Waals surface area contributed by atoms with Gasteiger partial charge in [-0.15, -0.1) is 11.3 Å². The van der Waals surface area contributed by atoms with Crippen molar-refractivity contribution in [1.29, 1.82) is 0 Å². The summed E-state index contributed by atoms with van der Waals surface area (Å²) in [5, 5.41) is 5.93. The van der Waals surface area contributed by atoms with Crippen LogP contribution < -0.4 is 5.32 Å². The van der Waals surface area contributed by atoms with Crippen LogP contribution in [0.2, 0.25) is 0 Å². The zero-order valence-corrected chi connectivity index (χ0v) is 12.6. The number of halogens is 1. The van der Waals surface area contributed by atoms with Crippen LogP contribution in [0.4, 0.5) is 0 Å². The van der Waals surface area contributed by atoms with E-state index in [1.165, 1.54) is 41.7 Å². The second kappa shape index (κ2) is 5.00. The molecule has 2 unspecified atom stereocenters. The van der Waals surface area contributed by atoms with Gasteiger partial charge >= 0.3 is 0 Å². The molecule has 0 bridgehead atoms. The van der Waals surface area contributed by atoms with Crippen molar-refractivity contribution in [3.8, 4) is 0 Å². The molecule has 1 aliphatic heterocycles. The Morgan fingerprint density at radius 2 is 2.29 bits per heavy atom. The standard InChI is InChI=1S/C13H19BrN2S/c1-9(13-6-10(14)8-17-13)15-11-4-5-16(7-11)12-2-3-12/h6,8-9,11-12,15H,2-5,7H2,1H3. The molecule has 0 spiro atoms. The third kappa shape index (κ3) is 2.92. The Hall–Kier alpha value is 0.1000. The minimum atomic E-state index is 0.482. The highest BCUT2D eigenvalue weighted by Crippen LogP contribution is 2.31. The van der Waals surface area contributed by atoms with Crippen molar-refractivity contribution in [1.82, 2.24) is 10.2 Å². The summed E-state index contributed by atoms with van der Waals surface area (Å²) in [6, 6.07) is 4.32. The van der Waals surface area contributed by atoms with E-state index in [0.717, 1.165) is 6.04 Å². The van der Waals surface area contributed by atoms with Crippen LogP contribution in [0.25, 0.3) is 0 Å². The van der Waals surface area contributed by atoms with E-state index in [0.29, 0.717) is 12.1 Å². The molecule has 1 saturated heterocycles. The van der Waals surface area contributed by atoms with Crippen molar-refractivity contribution in [2.75, 3.05) is 13.1 Å². The van der Waals surface area contributed by atoms with Crippen LogP contribution in [0.15, 0.2) is 15.9 Å². The van der Waals surface area contributed by atoms with Gasteiger partial charge in [-0.05, 0) is 48.2 Å². The maximum absolute atomic E-state index is 3.77. The predicted molar refractivity (Wildman–Crippen MR) is 76.6 cm³/mol. The molecule has 2 heterocycles. The van der Waals surface area contributed by atoms with E-state index >= 15 is 0 Å². The Kier molecular flexibility index (Phi) is 3.57. The van der Waals surface area contributed by atoms with E-state index in [9.17, 15) is 0 Å². The maximum Gasteiger partial charge on any atom is 0.0389 e. The summed E-state index contributed by atoms with van der Waals surface area (Å²) in [6.45, 7) is 4.82. The van der Waals surface area contributed by atoms with E-state index in [4.69, 9.17) is 0 Å². The Morgan fingerprint density at radius 3 is 2.94 bits per heavy atom. The molecule has 1 aromatic rings. The van der Waals surface area contributed by atoms with Gasteiger partial charge in [0.15, 0.2) is 0 Å². The maximum atomic E-state index is 3.77. The lowest BCUT2D eigenvalue weighted by molar-refractivity contribution is 0.314. The fraction of sp³-hybridized carbons (Fsp3) is 0.692. The second-order valence-corrected chi connectivity index (χ2v) is 7.13. The van der Waals surface area contributed by atoms with Gasteiger partial charge in [0.05, 0.1) is 0 Å². The van der Waals surface area contributed by atoms with Crippen LogP contribution in [0.5, 0.6) is 0 Å². The first kappa shape index (κ1) is 12.2. The van der Waals surface area contributed by atoms with E-state index in [1.807, 2.05) is 11.3 Å². The molecule has 1 aliphatic carbocycles. The van der Waals surface area contributed by atoms with Crippen LogP contribution in [-0.2, 0) is 0 Å². The fourth-order valence-corrected chi connectivity index (χ4v) is 4.15. The third-order valence-electron chi connectivity index (χ3n) is 3.78. The van der Waals surface area contributed by atoms with Crippen LogP contribution in [0.3, 0.4) is 0 Å². The number of thiophene rings is 1. The van der Waals surface area contributed by atoms with Gasteiger partial charge in [0.2, 0.25) is 0 Å². The summed E-state index contributed by atoms with van der Waals surface area (Å²) < 4.78 is 1.21. The van der Waals surface area contributed by atoms with Gasteiger partial charge in [0.25, 0.3) is 0 Å². The Bertz CT molecular complexity index is 389. The monoisotopic (exact) mass is 314 g/mol. The van der Waals surface area contributed by atoms with Crippen LogP contribution >= 0.6 is 27.3 Å². The lowest BCUT2D eigenvalue weighted by Crippen LogP contribution is -2.34. The predicted octanol–water partition coefficient (Wildman–Crippen LogP) is 3.40. The number of nitrogens with one attached hydrogen (secondary N) is 1. The first-order valence-corrected chi connectivity index (χ1v) is 8.13. The van der Waals surface area contributed by atoms with Crippen molar-refractivity contribution in [3.63, 3.8) is 0 Å². The number of rotatable bonds is 4. The molecule has 2 fully saturated rings. The SMILES string of the molecule is CC(NC1CCN(C2CC2)C1)c1cc(Br)cs1. The molecular weight excluding hydrogens is 296 g/mol. The highest BCUT2D eigenvalue weighted by Gasteiger charge is 2.34. The Morgan fingerprint density at radius 1 is 1.47 bits per heavy atom. The highest BCUT2D eigenvalue weighted by molar-refractivity contribution is 9.10. The third-order valence-corrected chi connectivity index (χ3v) is 5.66. The molecule has 2 nitrogen and oxygen atoms in total. The molecule has 1 N–H and O–H groups in total. The Balaban J connectivity index is 1.53. The lowest BCUT2D eigenvalue weighted by Gasteiger charge is -2.19. The zero-order valence-electron chi connectivity index (χ0n) is 10.2. The van der Waals surface area contributed by atoms with Crippen molar-refractivity contribution in [2.45, 2.75) is 44.3 Å².